The molecule has 0 aliphatic carbocycles. The van der Waals surface area contributed by atoms with Crippen molar-refractivity contribution in [3.05, 3.63) is 18.1 Å². The molecule has 0 bridgehead atoms. The van der Waals surface area contributed by atoms with Crippen LogP contribution in [0.25, 0.3) is 0 Å². The number of hydrogen-bond donors (Lipinski definition) is 3. The molecule has 8 nitrogen and oxygen atoms in total. The summed E-state index contributed by atoms with van der Waals surface area (Å²) in [4.78, 5) is 21.6. The molecule has 1 aromatic heterocycles. The molecule has 2 heterocycles. The van der Waals surface area contributed by atoms with Gasteiger partial charge in [-0.1, -0.05) is 0 Å². The molecule has 3 N–H and O–H groups in total. The van der Waals surface area contributed by atoms with Gasteiger partial charge in [-0.15, -0.1) is 0 Å². The summed E-state index contributed by atoms with van der Waals surface area (Å²) in [6.07, 6.45) is 1.000. The van der Waals surface area contributed by atoms with E-state index >= 15 is 0 Å². The van der Waals surface area contributed by atoms with Crippen LogP contribution in [-0.4, -0.2) is 71.1 Å². The standard InChI is InChI=1S/C14H22N4O4/c1-10-15-5-3-12(17-10)18-6-4-14(21,11(19)7-18)9-16-13(20)8-22-2/h3,5,11,19,21H,4,6-9H2,1-2H3,(H,16,20)/t11-,14-/m1/s1. The second-order valence-electron chi connectivity index (χ2n) is 5.49. The average Bonchev–Trinajstić information content (AvgIpc) is 2.49. The largest absolute Gasteiger partial charge is 0.388 e. The minimum atomic E-state index is -1.35. The number of piperidine rings is 1. The second kappa shape index (κ2) is 6.99. The number of anilines is 1. The zero-order valence-electron chi connectivity index (χ0n) is 12.8. The van der Waals surface area contributed by atoms with Crippen molar-refractivity contribution in [3.8, 4) is 0 Å². The number of hydrogen-bond acceptors (Lipinski definition) is 7. The molecule has 0 aromatic carbocycles. The molecule has 122 valence electrons. The summed E-state index contributed by atoms with van der Waals surface area (Å²) in [6, 6.07) is 1.77. The number of carbonyl (C=O) groups excluding carboxylic acids is 1. The van der Waals surface area contributed by atoms with Crippen LogP contribution in [0.15, 0.2) is 12.3 Å². The van der Waals surface area contributed by atoms with Crippen LogP contribution in [0.5, 0.6) is 0 Å². The molecule has 22 heavy (non-hydrogen) atoms. The molecule has 1 aromatic rings. The molecular weight excluding hydrogens is 288 g/mol. The Balaban J connectivity index is 1.95. The van der Waals surface area contributed by atoms with Crippen LogP contribution in [0.4, 0.5) is 5.82 Å². The Morgan fingerprint density at radius 1 is 1.64 bits per heavy atom. The minimum absolute atomic E-state index is 0.00694. The predicted molar refractivity (Wildman–Crippen MR) is 79.4 cm³/mol. The Kier molecular flexibility index (Phi) is 5.28. The number of β-amino-alcohol motifs (C(OH)–C–C–N with tert-alkyl or cyclic N) is 1. The molecule has 1 fully saturated rings. The highest BCUT2D eigenvalue weighted by Crippen LogP contribution is 2.25. The molecule has 1 aliphatic rings. The number of amides is 1. The molecule has 0 unspecified atom stereocenters. The Hall–Kier alpha value is -1.77. The van der Waals surface area contributed by atoms with Crippen LogP contribution in [-0.2, 0) is 9.53 Å². The predicted octanol–water partition coefficient (Wildman–Crippen LogP) is -1.15. The average molecular weight is 310 g/mol. The number of aryl methyl sites for hydroxylation is 1. The van der Waals surface area contributed by atoms with Crippen molar-refractivity contribution in [2.24, 2.45) is 0 Å². The van der Waals surface area contributed by atoms with Crippen LogP contribution in [0, 0.1) is 6.92 Å². The van der Waals surface area contributed by atoms with E-state index in [1.807, 2.05) is 4.90 Å². The number of methoxy groups -OCH3 is 1. The fourth-order valence-electron chi connectivity index (χ4n) is 2.43. The van der Waals surface area contributed by atoms with E-state index in [1.54, 1.807) is 19.2 Å². The topological polar surface area (TPSA) is 108 Å². The Labute approximate surface area is 129 Å². The second-order valence-corrected chi connectivity index (χ2v) is 5.49. The monoisotopic (exact) mass is 310 g/mol. The van der Waals surface area contributed by atoms with Crippen molar-refractivity contribution in [2.45, 2.75) is 25.0 Å². The quantitative estimate of drug-likeness (QED) is 0.630. The zero-order chi connectivity index (χ0) is 16.2. The van der Waals surface area contributed by atoms with E-state index in [-0.39, 0.29) is 25.6 Å². The first-order chi connectivity index (χ1) is 10.4. The van der Waals surface area contributed by atoms with Gasteiger partial charge in [0.25, 0.3) is 0 Å². The molecule has 0 saturated carbocycles. The smallest absolute Gasteiger partial charge is 0.246 e. The van der Waals surface area contributed by atoms with Crippen molar-refractivity contribution >= 4 is 11.7 Å². The van der Waals surface area contributed by atoms with Crippen LogP contribution >= 0.6 is 0 Å². The van der Waals surface area contributed by atoms with E-state index in [0.717, 1.165) is 5.82 Å². The van der Waals surface area contributed by atoms with Crippen LogP contribution in [0.1, 0.15) is 12.2 Å². The number of ether oxygens (including phenoxy) is 1. The summed E-state index contributed by atoms with van der Waals surface area (Å²) >= 11 is 0. The van der Waals surface area contributed by atoms with Crippen LogP contribution in [0.3, 0.4) is 0 Å². The fourth-order valence-corrected chi connectivity index (χ4v) is 2.43. The lowest BCUT2D eigenvalue weighted by molar-refractivity contribution is -0.128. The lowest BCUT2D eigenvalue weighted by Gasteiger charge is -2.42. The number of rotatable bonds is 5. The molecule has 1 aliphatic heterocycles. The van der Waals surface area contributed by atoms with Crippen molar-refractivity contribution in [1.82, 2.24) is 15.3 Å². The lowest BCUT2D eigenvalue weighted by Crippen LogP contribution is -2.60. The molecule has 2 atom stereocenters. The maximum Gasteiger partial charge on any atom is 0.246 e. The number of nitrogens with zero attached hydrogens (tertiary/aromatic N) is 3. The first-order valence-electron chi connectivity index (χ1n) is 7.15. The molecule has 2 rings (SSSR count). The molecule has 1 saturated heterocycles. The van der Waals surface area contributed by atoms with Crippen molar-refractivity contribution in [2.75, 3.05) is 38.3 Å². The summed E-state index contributed by atoms with van der Waals surface area (Å²) < 4.78 is 4.71. The minimum Gasteiger partial charge on any atom is -0.388 e. The van der Waals surface area contributed by atoms with E-state index < -0.39 is 11.7 Å². The maximum atomic E-state index is 11.4. The number of aliphatic hydroxyl groups excluding tert-OH is 1. The van der Waals surface area contributed by atoms with Crippen molar-refractivity contribution in [3.63, 3.8) is 0 Å². The summed E-state index contributed by atoms with van der Waals surface area (Å²) in [5.74, 6) is 1.05. The van der Waals surface area contributed by atoms with Crippen LogP contribution in [0.2, 0.25) is 0 Å². The first-order valence-corrected chi connectivity index (χ1v) is 7.15. The van der Waals surface area contributed by atoms with Gasteiger partial charge < -0.3 is 25.2 Å². The lowest BCUT2D eigenvalue weighted by atomic mass is 9.88. The number of nitrogens with one attached hydrogen (secondary N) is 1. The summed E-state index contributed by atoms with van der Waals surface area (Å²) in [6.45, 7) is 2.49. The SMILES string of the molecule is COCC(=O)NC[C@]1(O)CCN(c2ccnc(C)n2)C[C@H]1O. The Morgan fingerprint density at radius 2 is 2.41 bits per heavy atom. The summed E-state index contributed by atoms with van der Waals surface area (Å²) in [5.41, 5.74) is -1.35. The highest BCUT2D eigenvalue weighted by atomic mass is 16.5. The van der Waals surface area contributed by atoms with Gasteiger partial charge in [-0.2, -0.15) is 0 Å². The van der Waals surface area contributed by atoms with Gasteiger partial charge in [0.15, 0.2) is 0 Å². The first kappa shape index (κ1) is 16.6. The van der Waals surface area contributed by atoms with E-state index in [4.69, 9.17) is 4.74 Å². The number of aromatic nitrogens is 2. The molecule has 1 amide bonds. The molecule has 0 spiro atoms. The summed E-state index contributed by atoms with van der Waals surface area (Å²) in [7, 11) is 1.42. The molecule has 0 radical (unpaired) electrons. The number of carbonyl (C=O) groups is 1. The summed E-state index contributed by atoms with van der Waals surface area (Å²) in [5, 5.41) is 23.3. The molecule has 8 heteroatoms. The Morgan fingerprint density at radius 3 is 3.05 bits per heavy atom. The van der Waals surface area contributed by atoms with Gasteiger partial charge in [-0.05, 0) is 19.4 Å². The third-order valence-corrected chi connectivity index (χ3v) is 3.78. The zero-order valence-corrected chi connectivity index (χ0v) is 12.8. The highest BCUT2D eigenvalue weighted by molar-refractivity contribution is 5.77. The normalized spacial score (nSPS) is 25.1. The van der Waals surface area contributed by atoms with Gasteiger partial charge in [0, 0.05) is 32.9 Å². The van der Waals surface area contributed by atoms with Gasteiger partial charge >= 0.3 is 0 Å². The van der Waals surface area contributed by atoms with Crippen molar-refractivity contribution in [1.29, 1.82) is 0 Å². The highest BCUT2D eigenvalue weighted by Gasteiger charge is 2.41. The van der Waals surface area contributed by atoms with E-state index in [1.165, 1.54) is 7.11 Å². The van der Waals surface area contributed by atoms with Gasteiger partial charge in [0.05, 0.1) is 0 Å². The van der Waals surface area contributed by atoms with E-state index in [0.29, 0.717) is 18.8 Å². The third kappa shape index (κ3) is 3.90. The fraction of sp³-hybridized carbons (Fsp3) is 0.643. The maximum absolute atomic E-state index is 11.4. The van der Waals surface area contributed by atoms with Gasteiger partial charge in [-0.3, -0.25) is 4.79 Å². The van der Waals surface area contributed by atoms with E-state index in [9.17, 15) is 15.0 Å². The number of aliphatic hydroxyl groups is 2. The Bertz CT molecular complexity index is 527. The van der Waals surface area contributed by atoms with Gasteiger partial charge in [0.2, 0.25) is 5.91 Å². The third-order valence-electron chi connectivity index (χ3n) is 3.78. The van der Waals surface area contributed by atoms with E-state index in [2.05, 4.69) is 15.3 Å². The van der Waals surface area contributed by atoms with Crippen molar-refractivity contribution < 1.29 is 19.7 Å². The van der Waals surface area contributed by atoms with Gasteiger partial charge in [-0.25, -0.2) is 9.97 Å². The van der Waals surface area contributed by atoms with Crippen LogP contribution < -0.4 is 10.2 Å². The van der Waals surface area contributed by atoms with Gasteiger partial charge in [0.1, 0.15) is 30.0 Å². The molecular formula is C14H22N4O4.